The highest BCUT2D eigenvalue weighted by atomic mass is 28.4. The summed E-state index contributed by atoms with van der Waals surface area (Å²) in [6.07, 6.45) is -4.90. The third kappa shape index (κ3) is 25.0. The topological polar surface area (TPSA) is 383 Å². The number of carbonyl (C=O) groups excluding carboxylic acids is 10. The van der Waals surface area contributed by atoms with Crippen LogP contribution in [0.1, 0.15) is 141 Å². The first-order chi connectivity index (χ1) is 62.5. The van der Waals surface area contributed by atoms with Gasteiger partial charge in [0.05, 0.1) is 141 Å². The van der Waals surface area contributed by atoms with Crippen LogP contribution in [0.5, 0.6) is 28.7 Å². The maximum Gasteiger partial charge on any atom is 0.414 e. The number of fused-ring (bicyclic) bond motifs is 6. The molecular formula is C95H118N6O28Si. The van der Waals surface area contributed by atoms with Crippen molar-refractivity contribution in [2.75, 3.05) is 142 Å². The van der Waals surface area contributed by atoms with E-state index in [2.05, 4.69) is 80.7 Å². The van der Waals surface area contributed by atoms with Gasteiger partial charge in [-0.05, 0) is 132 Å². The first-order valence-electron chi connectivity index (χ1n) is 43.8. The number of hydrogen-bond acceptors (Lipinski definition) is 28. The Hall–Kier alpha value is -11.9. The smallest absolute Gasteiger partial charge is 0.414 e. The molecule has 7 atom stereocenters. The van der Waals surface area contributed by atoms with Gasteiger partial charge in [0.15, 0.2) is 49.6 Å². The Morgan fingerprint density at radius 3 is 1.85 bits per heavy atom. The Morgan fingerprint density at radius 1 is 0.608 bits per heavy atom. The van der Waals surface area contributed by atoms with Gasteiger partial charge < -0.3 is 105 Å². The maximum absolute atomic E-state index is 15.6. The van der Waals surface area contributed by atoms with Crippen LogP contribution < -0.4 is 44.5 Å². The Morgan fingerprint density at radius 2 is 1.22 bits per heavy atom. The van der Waals surface area contributed by atoms with Crippen LogP contribution in [0.15, 0.2) is 128 Å². The van der Waals surface area contributed by atoms with E-state index in [4.69, 9.17) is 85.0 Å². The van der Waals surface area contributed by atoms with E-state index in [9.17, 15) is 43.2 Å². The number of rotatable bonds is 43. The molecule has 6 aliphatic rings. The van der Waals surface area contributed by atoms with E-state index >= 15 is 4.79 Å². The zero-order chi connectivity index (χ0) is 92.8. The third-order valence-electron chi connectivity index (χ3n) is 23.9. The van der Waals surface area contributed by atoms with Crippen LogP contribution in [-0.4, -0.2) is 248 Å². The fourth-order valence-corrected chi connectivity index (χ4v) is 17.2. The van der Waals surface area contributed by atoms with E-state index < -0.39 is 106 Å². The predicted molar refractivity (Wildman–Crippen MR) is 476 cm³/mol. The fraction of sp³-hybridized carbons (Fsp3) is 0.495. The van der Waals surface area contributed by atoms with Crippen LogP contribution in [-0.2, 0) is 105 Å². The molecule has 0 unspecified atom stereocenters. The summed E-state index contributed by atoms with van der Waals surface area (Å²) in [5.41, 5.74) is 7.44. The van der Waals surface area contributed by atoms with Gasteiger partial charge in [0.25, 0.3) is 11.8 Å². The average Bonchev–Trinajstić information content (AvgIpc) is 1.57. The minimum atomic E-state index is -2.37. The van der Waals surface area contributed by atoms with E-state index in [1.54, 1.807) is 17.0 Å². The van der Waals surface area contributed by atoms with Crippen molar-refractivity contribution >= 4 is 85.3 Å². The minimum Gasteiger partial charge on any atom is -0.493 e. The number of carbonyl (C=O) groups is 10. The molecule has 3 fully saturated rings. The van der Waals surface area contributed by atoms with E-state index in [1.165, 1.54) is 55.5 Å². The van der Waals surface area contributed by atoms with Gasteiger partial charge in [-0.1, -0.05) is 112 Å². The lowest BCUT2D eigenvalue weighted by Crippen LogP contribution is -2.64. The number of hydrogen-bond donors (Lipinski definition) is 3. The molecule has 0 radical (unpaired) electrons. The Balaban J connectivity index is 0.701. The number of esters is 4. The zero-order valence-electron chi connectivity index (χ0n) is 75.5. The van der Waals surface area contributed by atoms with E-state index in [-0.39, 0.29) is 180 Å². The molecule has 0 bridgehead atoms. The predicted octanol–water partition coefficient (Wildman–Crippen LogP) is 12.8. The Labute approximate surface area is 757 Å². The van der Waals surface area contributed by atoms with Crippen molar-refractivity contribution in [2.45, 2.75) is 173 Å². The minimum absolute atomic E-state index is 0.00378. The van der Waals surface area contributed by atoms with E-state index in [0.29, 0.717) is 55.0 Å². The number of nitrogens with zero attached hydrogens (tertiary/aromatic N) is 3. The van der Waals surface area contributed by atoms with Gasteiger partial charge in [-0.15, -0.1) is 0 Å². The van der Waals surface area contributed by atoms with Gasteiger partial charge in [0.2, 0.25) is 18.3 Å². The molecule has 2 saturated heterocycles. The van der Waals surface area contributed by atoms with Gasteiger partial charge in [-0.25, -0.2) is 19.2 Å². The van der Waals surface area contributed by atoms with Gasteiger partial charge in [-0.2, -0.15) is 0 Å². The lowest BCUT2D eigenvalue weighted by Gasteiger charge is -2.43. The second-order valence-corrected chi connectivity index (χ2v) is 38.9. The second-order valence-electron chi connectivity index (χ2n) is 34.0. The SMILES string of the molecule is C=CCOC(=O)N1C[C@@H]2CC3(CC3)CN2C(=O)c2cc(OC)c(OCCCCCOc3cc(NC(=O)OCc4ccc(O[C@@H]5O[C@H](C(=O)OC)[C@@H](OC(C)=O)[C@H](OC(C)=O)[C@H]5OC(C)=O)c(NC(=O)CCOCCOCCOCCOCCNC(=O)OCC5c6ccccc6-c6ccccc65)c4)c(C(=O)N4Cc5ccccc5C[C@H]4CO[Si](C)(C)C(C)(C)C)cc3OC)cc21. The molecule has 35 heteroatoms. The van der Waals surface area contributed by atoms with Gasteiger partial charge in [-0.3, -0.25) is 39.0 Å². The number of anilines is 3. The summed E-state index contributed by atoms with van der Waals surface area (Å²) in [5.74, 6) is -4.40. The van der Waals surface area contributed by atoms with Gasteiger partial charge >= 0.3 is 42.2 Å². The molecule has 1 spiro atoms. The van der Waals surface area contributed by atoms with E-state index in [1.807, 2.05) is 53.4 Å². The number of methoxy groups -OCH3 is 3. The molecule has 6 aromatic carbocycles. The molecule has 0 aromatic heterocycles. The highest BCUT2D eigenvalue weighted by molar-refractivity contribution is 6.74. The normalized spacial score (nSPS) is 18.7. The molecule has 12 rings (SSSR count). The molecule has 700 valence electrons. The average molecular weight is 1820 g/mol. The van der Waals surface area contributed by atoms with Crippen molar-refractivity contribution in [3.8, 4) is 39.9 Å². The van der Waals surface area contributed by atoms with Crippen molar-refractivity contribution < 1.29 is 133 Å². The molecule has 6 aromatic rings. The quantitative estimate of drug-likeness (QED) is 0.0105. The van der Waals surface area contributed by atoms with Gasteiger partial charge in [0, 0.05) is 65.0 Å². The van der Waals surface area contributed by atoms with Crippen LogP contribution in [0.4, 0.5) is 31.4 Å². The summed E-state index contributed by atoms with van der Waals surface area (Å²) < 4.78 is 105. The van der Waals surface area contributed by atoms with Gasteiger partial charge in [0.1, 0.15) is 25.6 Å². The lowest BCUT2D eigenvalue weighted by atomic mass is 9.93. The largest absolute Gasteiger partial charge is 0.493 e. The van der Waals surface area contributed by atoms with Crippen molar-refractivity contribution in [1.82, 2.24) is 15.1 Å². The van der Waals surface area contributed by atoms with Crippen molar-refractivity contribution in [3.63, 3.8) is 0 Å². The number of amides is 6. The molecule has 3 N–H and O–H groups in total. The van der Waals surface area contributed by atoms with Crippen LogP contribution in [0.3, 0.4) is 0 Å². The summed E-state index contributed by atoms with van der Waals surface area (Å²) in [4.78, 5) is 142. The number of nitrogens with one attached hydrogen (secondary N) is 3. The number of unbranched alkanes of at least 4 members (excludes halogenated alkanes) is 2. The first-order valence-corrected chi connectivity index (χ1v) is 46.7. The van der Waals surface area contributed by atoms with E-state index in [0.717, 1.165) is 80.5 Å². The van der Waals surface area contributed by atoms with Crippen molar-refractivity contribution in [1.29, 1.82) is 0 Å². The van der Waals surface area contributed by atoms with Crippen LogP contribution in [0.25, 0.3) is 11.1 Å². The summed E-state index contributed by atoms with van der Waals surface area (Å²) in [5, 5.41) is 8.17. The zero-order valence-corrected chi connectivity index (χ0v) is 76.5. The van der Waals surface area contributed by atoms with Crippen molar-refractivity contribution in [2.24, 2.45) is 5.41 Å². The Kier molecular flexibility index (Phi) is 33.7. The second kappa shape index (κ2) is 45.1. The first kappa shape index (κ1) is 97.2. The molecule has 130 heavy (non-hydrogen) atoms. The molecule has 6 amide bonds. The number of ether oxygens (including phenoxy) is 17. The maximum atomic E-state index is 15.6. The fourth-order valence-electron chi connectivity index (χ4n) is 16.1. The van der Waals surface area contributed by atoms with Crippen LogP contribution in [0, 0.1) is 5.41 Å². The Bertz CT molecular complexity index is 4990. The molecular weight excluding hydrogens is 1700 g/mol. The molecule has 2 aliphatic carbocycles. The summed E-state index contributed by atoms with van der Waals surface area (Å²) in [7, 11) is 1.58. The molecule has 4 heterocycles. The summed E-state index contributed by atoms with van der Waals surface area (Å²) >= 11 is 0. The van der Waals surface area contributed by atoms with Crippen LogP contribution >= 0.6 is 0 Å². The lowest BCUT2D eigenvalue weighted by molar-refractivity contribution is -0.282. The molecule has 1 saturated carbocycles. The molecule has 34 nitrogen and oxygen atoms in total. The standard InChI is InChI=1S/C95H118N6O28Si/c1-13-35-121-93(111)100-54-66-52-95(32-33-95)58-101(66)88(107)72-49-79(113-9)81(51-76(72)100)120-37-22-14-21-36-119-80-50-74(71(48-78(80)112-8)87(106)99-53-64-24-16-15-23-63(64)47-65(99)56-124-130(11,12)94(5,6)7)98-92(110)122-55-62-29-30-77(128-90-86(127-61(4)104)84(126-60(3)103)83(125-59(2)102)85(129-90)89(108)114-10)75(46-62)97-82(105)31-38-115-40-42-117-44-45-118-43-41-116-39-34-96-91(109)123-57-73-69-27-19-17-25-67(69)68-26-18-20-28-70(68)73/h13,15-20,23-30,46,48-51,65-66,73,83-86,90H,1,14,21-22,31-45,47,52-58H2,2-12H3,(H,96,109)(H,97,105)(H,98,110)/t65-,66-,83-,84-,85-,86+,90+/m0/s1. The highest BCUT2D eigenvalue weighted by Gasteiger charge is 2.57. The summed E-state index contributed by atoms with van der Waals surface area (Å²) in [6, 6.07) is 34.0. The summed E-state index contributed by atoms with van der Waals surface area (Å²) in [6.45, 7) is 20.5. The number of benzene rings is 6. The van der Waals surface area contributed by atoms with Crippen LogP contribution in [0.2, 0.25) is 18.1 Å². The van der Waals surface area contributed by atoms with Crippen molar-refractivity contribution in [3.05, 3.63) is 167 Å². The third-order valence-corrected chi connectivity index (χ3v) is 28.4. The number of alkyl carbamates (subject to hydrolysis) is 1. The molecule has 4 aliphatic heterocycles. The highest BCUT2D eigenvalue weighted by Crippen LogP contribution is 2.56. The monoisotopic (exact) mass is 1820 g/mol.